The van der Waals surface area contributed by atoms with Crippen molar-refractivity contribution >= 4 is 68.9 Å². The Kier molecular flexibility index (Phi) is 13.0. The lowest BCUT2D eigenvalue weighted by Gasteiger charge is -2.30. The summed E-state index contributed by atoms with van der Waals surface area (Å²) in [6, 6.07) is 14.1. The van der Waals surface area contributed by atoms with E-state index >= 15 is 0 Å². The van der Waals surface area contributed by atoms with Crippen LogP contribution in [0.2, 0.25) is 10.2 Å². The summed E-state index contributed by atoms with van der Waals surface area (Å²) in [6.07, 6.45) is 0.146. The molecule has 5 heterocycles. The molecule has 2 fully saturated rings. The highest BCUT2D eigenvalue weighted by Crippen LogP contribution is 2.44. The molecule has 0 aliphatic carbocycles. The number of H-pyrrole nitrogens is 2. The van der Waals surface area contributed by atoms with E-state index in [4.69, 9.17) is 42.6 Å². The van der Waals surface area contributed by atoms with Gasteiger partial charge in [-0.1, -0.05) is 113 Å². The maximum absolute atomic E-state index is 13.8. The van der Waals surface area contributed by atoms with Gasteiger partial charge in [-0.15, -0.1) is 11.3 Å². The highest BCUT2D eigenvalue weighted by Gasteiger charge is 2.42. The lowest BCUT2D eigenvalue weighted by Crippen LogP contribution is -2.51. The number of likely N-dealkylation sites (tertiary alicyclic amines) is 2. The minimum Gasteiger partial charge on any atom is -0.453 e. The summed E-state index contributed by atoms with van der Waals surface area (Å²) in [5.74, 6) is 1.11. The van der Waals surface area contributed by atoms with Crippen molar-refractivity contribution in [3.8, 4) is 32.8 Å². The van der Waals surface area contributed by atoms with Crippen molar-refractivity contribution in [3.05, 3.63) is 70.4 Å². The molecule has 0 unspecified atom stereocenters. The average molecular weight is 892 g/mol. The third-order valence-electron chi connectivity index (χ3n) is 11.6. The van der Waals surface area contributed by atoms with Crippen molar-refractivity contribution in [2.75, 3.05) is 27.3 Å². The quantitative estimate of drug-likeness (QED) is 0.102. The zero-order chi connectivity index (χ0) is 43.9. The molecule has 2 aliphatic rings. The molecule has 0 radical (unpaired) electrons. The highest BCUT2D eigenvalue weighted by atomic mass is 35.5. The molecule has 4 N–H and O–H groups in total. The largest absolute Gasteiger partial charge is 0.453 e. The molecule has 0 saturated carbocycles. The number of rotatable bonds is 11. The molecule has 17 heteroatoms. The number of nitrogens with zero attached hydrogens (tertiary/aromatic N) is 4. The standard InChI is InChI=1S/C44H52Cl2N8O6S/c1-21(2)32(49-43(57)59-7)41(55)53-19-23(5)17-29(53)38-47-34(37(46)51-38)27-13-9-25(10-14-27)26-11-15-28(16-12-26)36-31(45)35-40(61-36)52-39(48-35)30-18-24(6)20-54(30)42(56)33(22(3)4)50-44(58)60-8/h9-16,21-24,29-30,32-33H,17-20H2,1-8H3,(H,47,51)(H,48,52)(H,49,57)(H,50,58)/t23-,24-,29-,30-,32-,33-/m0/s1. The van der Waals surface area contributed by atoms with Crippen molar-refractivity contribution < 1.29 is 28.7 Å². The number of aromatic nitrogens is 4. The van der Waals surface area contributed by atoms with E-state index in [1.54, 1.807) is 9.80 Å². The molecule has 4 amide bonds. The van der Waals surface area contributed by atoms with Gasteiger partial charge in [0.05, 0.1) is 41.7 Å². The number of thiophene rings is 1. The van der Waals surface area contributed by atoms with Gasteiger partial charge in [0.15, 0.2) is 0 Å². The Bertz CT molecular complexity index is 2410. The molecule has 0 bridgehead atoms. The fourth-order valence-corrected chi connectivity index (χ4v) is 10.1. The van der Waals surface area contributed by atoms with Crippen molar-refractivity contribution in [2.45, 2.75) is 78.6 Å². The van der Waals surface area contributed by atoms with Crippen LogP contribution in [0.25, 0.3) is 43.2 Å². The Hall–Kier alpha value is -5.12. The van der Waals surface area contributed by atoms with Gasteiger partial charge in [0, 0.05) is 18.7 Å². The molecule has 7 rings (SSSR count). The number of ether oxygens (including phenoxy) is 2. The second-order valence-corrected chi connectivity index (χ2v) is 18.7. The number of aromatic amines is 2. The van der Waals surface area contributed by atoms with Gasteiger partial charge in [0.1, 0.15) is 39.4 Å². The maximum atomic E-state index is 13.8. The van der Waals surface area contributed by atoms with Gasteiger partial charge >= 0.3 is 12.2 Å². The zero-order valence-corrected chi connectivity index (χ0v) is 37.8. The number of alkyl carbamates (subject to hydrolysis) is 2. The fourth-order valence-electron chi connectivity index (χ4n) is 8.40. The van der Waals surface area contributed by atoms with Crippen molar-refractivity contribution in [1.82, 2.24) is 40.4 Å². The molecule has 61 heavy (non-hydrogen) atoms. The number of imidazole rings is 2. The summed E-state index contributed by atoms with van der Waals surface area (Å²) < 4.78 is 9.56. The van der Waals surface area contributed by atoms with Gasteiger partial charge in [0.25, 0.3) is 0 Å². The summed E-state index contributed by atoms with van der Waals surface area (Å²) >= 11 is 15.3. The second-order valence-electron chi connectivity index (χ2n) is 16.9. The first kappa shape index (κ1) is 44.0. The topological polar surface area (TPSA) is 175 Å². The molecular weight excluding hydrogens is 840 g/mol. The van der Waals surface area contributed by atoms with E-state index in [0.717, 1.165) is 43.9 Å². The average Bonchev–Trinajstić information content (AvgIpc) is 4.08. The summed E-state index contributed by atoms with van der Waals surface area (Å²) in [5.41, 5.74) is 5.12. The molecule has 6 atom stereocenters. The molecule has 2 aromatic carbocycles. The number of amides is 4. The van der Waals surface area contributed by atoms with Gasteiger partial charge in [-0.3, -0.25) is 9.59 Å². The number of carbonyl (C=O) groups excluding carboxylic acids is 4. The van der Waals surface area contributed by atoms with E-state index in [1.807, 2.05) is 64.1 Å². The van der Waals surface area contributed by atoms with E-state index in [1.165, 1.54) is 25.6 Å². The third-order valence-corrected chi connectivity index (χ3v) is 13.5. The normalized spacial score (nSPS) is 20.1. The Labute approximate surface area is 369 Å². The molecule has 2 saturated heterocycles. The predicted molar refractivity (Wildman–Crippen MR) is 237 cm³/mol. The number of methoxy groups -OCH3 is 2. The lowest BCUT2D eigenvalue weighted by atomic mass is 10.0. The van der Waals surface area contributed by atoms with E-state index in [2.05, 4.69) is 46.6 Å². The first-order chi connectivity index (χ1) is 29.1. The highest BCUT2D eigenvalue weighted by molar-refractivity contribution is 7.22. The Balaban J connectivity index is 1.05. The van der Waals surface area contributed by atoms with Gasteiger partial charge in [0.2, 0.25) is 11.8 Å². The smallest absolute Gasteiger partial charge is 0.407 e. The van der Waals surface area contributed by atoms with Crippen LogP contribution in [0, 0.1) is 23.7 Å². The van der Waals surface area contributed by atoms with Crippen LogP contribution in [0.3, 0.4) is 0 Å². The minimum atomic E-state index is -0.741. The van der Waals surface area contributed by atoms with Crippen LogP contribution >= 0.6 is 34.5 Å². The molecule has 2 aliphatic heterocycles. The van der Waals surface area contributed by atoms with Gasteiger partial charge in [-0.05, 0) is 53.2 Å². The van der Waals surface area contributed by atoms with E-state index in [0.29, 0.717) is 47.0 Å². The zero-order valence-electron chi connectivity index (χ0n) is 35.5. The number of halogens is 2. The van der Waals surface area contributed by atoms with Crippen LogP contribution < -0.4 is 10.6 Å². The number of hydrogen-bond acceptors (Lipinski definition) is 9. The molecule has 3 aromatic heterocycles. The van der Waals surface area contributed by atoms with E-state index < -0.39 is 24.3 Å². The van der Waals surface area contributed by atoms with Crippen LogP contribution in [0.5, 0.6) is 0 Å². The van der Waals surface area contributed by atoms with Crippen molar-refractivity contribution in [1.29, 1.82) is 0 Å². The van der Waals surface area contributed by atoms with Gasteiger partial charge < -0.3 is 39.9 Å². The third kappa shape index (κ3) is 8.96. The van der Waals surface area contributed by atoms with Crippen LogP contribution in [-0.2, 0) is 19.1 Å². The predicted octanol–water partition coefficient (Wildman–Crippen LogP) is 9.24. The maximum Gasteiger partial charge on any atom is 0.407 e. The van der Waals surface area contributed by atoms with Crippen molar-refractivity contribution in [3.63, 3.8) is 0 Å². The Morgan fingerprint density at radius 3 is 1.59 bits per heavy atom. The first-order valence-electron chi connectivity index (χ1n) is 20.5. The van der Waals surface area contributed by atoms with Crippen LogP contribution in [-0.4, -0.2) is 93.1 Å². The molecule has 0 spiro atoms. The van der Waals surface area contributed by atoms with Crippen LogP contribution in [0.15, 0.2) is 48.5 Å². The molecule has 324 valence electrons. The fraction of sp³-hybridized carbons (Fsp3) is 0.455. The first-order valence-corrected chi connectivity index (χ1v) is 22.1. The number of fused-ring (bicyclic) bond motifs is 1. The van der Waals surface area contributed by atoms with E-state index in [-0.39, 0.29) is 47.6 Å². The minimum absolute atomic E-state index is 0.136. The summed E-state index contributed by atoms with van der Waals surface area (Å²) in [4.78, 5) is 73.3. The van der Waals surface area contributed by atoms with E-state index in [9.17, 15) is 19.2 Å². The number of hydrogen-bond donors (Lipinski definition) is 4. The Morgan fingerprint density at radius 2 is 1.15 bits per heavy atom. The summed E-state index contributed by atoms with van der Waals surface area (Å²) in [7, 11) is 2.56. The molecular formula is C44H52Cl2N8O6S. The number of nitrogens with one attached hydrogen (secondary N) is 4. The lowest BCUT2D eigenvalue weighted by molar-refractivity contribution is -0.136. The molecule has 5 aromatic rings. The van der Waals surface area contributed by atoms with Crippen LogP contribution in [0.4, 0.5) is 9.59 Å². The summed E-state index contributed by atoms with van der Waals surface area (Å²) in [5, 5.41) is 6.35. The van der Waals surface area contributed by atoms with Gasteiger partial charge in [-0.25, -0.2) is 19.6 Å². The molecule has 14 nitrogen and oxygen atoms in total. The monoisotopic (exact) mass is 890 g/mol. The second kappa shape index (κ2) is 18.1. The summed E-state index contributed by atoms with van der Waals surface area (Å²) in [6.45, 7) is 12.8. The van der Waals surface area contributed by atoms with Crippen LogP contribution in [0.1, 0.15) is 78.1 Å². The number of benzene rings is 2. The van der Waals surface area contributed by atoms with Crippen molar-refractivity contribution in [2.24, 2.45) is 23.7 Å². The Morgan fingerprint density at radius 1 is 0.705 bits per heavy atom. The number of carbonyl (C=O) groups is 4. The SMILES string of the molecule is COC(=O)N[C@H](C(=O)N1C[C@@H](C)C[C@H]1c1nc(-c2ccc(-c3ccc(-c4sc5nc([C@@H]6C[C@H](C)CN6C(=O)[C@@H](NC(=O)OC)C(C)C)[nH]c5c4Cl)cc3)cc2)c(Cl)[nH]1)C(C)C. The van der Waals surface area contributed by atoms with Gasteiger partial charge in [-0.2, -0.15) is 0 Å².